The summed E-state index contributed by atoms with van der Waals surface area (Å²) in [7, 11) is 3.26. The van der Waals surface area contributed by atoms with Crippen LogP contribution in [-0.2, 0) is 6.42 Å². The lowest BCUT2D eigenvalue weighted by molar-refractivity contribution is 0.397. The number of rotatable bonds is 4. The topological polar surface area (TPSA) is 56.5 Å². The number of methoxy groups -OCH3 is 2. The maximum Gasteiger partial charge on any atom is 0.145 e. The average molecular weight is 236 g/mol. The van der Waals surface area contributed by atoms with Gasteiger partial charge < -0.3 is 20.5 Å². The Balaban J connectivity index is 2.21. The maximum atomic E-state index is 5.92. The second kappa shape index (κ2) is 5.27. The molecule has 1 saturated heterocycles. The van der Waals surface area contributed by atoms with Crippen molar-refractivity contribution in [1.29, 1.82) is 0 Å². The monoisotopic (exact) mass is 236 g/mol. The molecule has 0 bridgehead atoms. The molecule has 0 spiro atoms. The van der Waals surface area contributed by atoms with Crippen LogP contribution in [0.25, 0.3) is 0 Å². The second-order valence-corrected chi connectivity index (χ2v) is 4.41. The highest BCUT2D eigenvalue weighted by molar-refractivity contribution is 5.64. The van der Waals surface area contributed by atoms with Crippen molar-refractivity contribution >= 4 is 5.69 Å². The van der Waals surface area contributed by atoms with Crippen molar-refractivity contribution < 1.29 is 9.47 Å². The fourth-order valence-corrected chi connectivity index (χ4v) is 2.33. The molecule has 4 nitrogen and oxygen atoms in total. The third kappa shape index (κ3) is 2.64. The van der Waals surface area contributed by atoms with Crippen LogP contribution in [0.4, 0.5) is 5.69 Å². The summed E-state index contributed by atoms with van der Waals surface area (Å²) in [6.07, 6.45) is 3.48. The minimum absolute atomic E-state index is 0.563. The summed E-state index contributed by atoms with van der Waals surface area (Å²) >= 11 is 0. The van der Waals surface area contributed by atoms with E-state index in [0.29, 0.717) is 23.2 Å². The molecule has 1 heterocycles. The van der Waals surface area contributed by atoms with Crippen LogP contribution < -0.4 is 20.5 Å². The van der Waals surface area contributed by atoms with Crippen molar-refractivity contribution in [3.05, 3.63) is 17.7 Å². The molecule has 3 N–H and O–H groups in total. The van der Waals surface area contributed by atoms with Crippen LogP contribution in [0.1, 0.15) is 18.4 Å². The minimum Gasteiger partial charge on any atom is -0.494 e. The number of nitrogens with two attached hydrogens (primary N) is 1. The summed E-state index contributed by atoms with van der Waals surface area (Å²) in [5.74, 6) is 1.38. The van der Waals surface area contributed by atoms with Gasteiger partial charge in [-0.2, -0.15) is 0 Å². The van der Waals surface area contributed by atoms with E-state index in [0.717, 1.165) is 13.0 Å². The predicted octanol–water partition coefficient (Wildman–Crippen LogP) is 1.58. The van der Waals surface area contributed by atoms with E-state index in [2.05, 4.69) is 5.32 Å². The Kier molecular flexibility index (Phi) is 3.74. The van der Waals surface area contributed by atoms with Crippen LogP contribution in [0, 0.1) is 0 Å². The quantitative estimate of drug-likeness (QED) is 0.779. The van der Waals surface area contributed by atoms with Crippen LogP contribution in [-0.4, -0.2) is 26.8 Å². The Morgan fingerprint density at radius 2 is 1.94 bits per heavy atom. The van der Waals surface area contributed by atoms with E-state index in [4.69, 9.17) is 15.2 Å². The van der Waals surface area contributed by atoms with Gasteiger partial charge in [-0.3, -0.25) is 0 Å². The van der Waals surface area contributed by atoms with Crippen LogP contribution >= 0.6 is 0 Å². The molecule has 1 aliphatic rings. The summed E-state index contributed by atoms with van der Waals surface area (Å²) < 4.78 is 10.5. The highest BCUT2D eigenvalue weighted by atomic mass is 16.5. The number of hydrogen-bond acceptors (Lipinski definition) is 4. The molecule has 0 aliphatic carbocycles. The first kappa shape index (κ1) is 12.0. The van der Waals surface area contributed by atoms with Gasteiger partial charge in [0.05, 0.1) is 14.2 Å². The van der Waals surface area contributed by atoms with E-state index < -0.39 is 0 Å². The molecular weight excluding hydrogens is 216 g/mol. The van der Waals surface area contributed by atoms with Gasteiger partial charge in [0, 0.05) is 6.04 Å². The first-order valence-corrected chi connectivity index (χ1v) is 5.98. The van der Waals surface area contributed by atoms with Gasteiger partial charge in [-0.1, -0.05) is 0 Å². The first-order valence-electron chi connectivity index (χ1n) is 5.98. The highest BCUT2D eigenvalue weighted by Gasteiger charge is 2.16. The number of benzene rings is 1. The number of nitrogen functional groups attached to an aromatic ring is 1. The smallest absolute Gasteiger partial charge is 0.145 e. The molecule has 17 heavy (non-hydrogen) atoms. The number of anilines is 1. The molecule has 0 amide bonds. The number of hydrogen-bond donors (Lipinski definition) is 2. The van der Waals surface area contributed by atoms with E-state index in [9.17, 15) is 0 Å². The van der Waals surface area contributed by atoms with Crippen LogP contribution in [0.2, 0.25) is 0 Å². The van der Waals surface area contributed by atoms with Crippen molar-refractivity contribution in [1.82, 2.24) is 5.32 Å². The van der Waals surface area contributed by atoms with Crippen molar-refractivity contribution in [2.24, 2.45) is 0 Å². The van der Waals surface area contributed by atoms with E-state index in [1.54, 1.807) is 14.2 Å². The molecule has 4 heteroatoms. The Bertz CT molecular complexity index is 362. The SMILES string of the molecule is COc1cc(CC2CCCN2)cc(OC)c1N. The Hall–Kier alpha value is -1.42. The normalized spacial score (nSPS) is 19.3. The van der Waals surface area contributed by atoms with Crippen molar-refractivity contribution in [2.75, 3.05) is 26.5 Å². The van der Waals surface area contributed by atoms with Crippen molar-refractivity contribution in [3.63, 3.8) is 0 Å². The lowest BCUT2D eigenvalue weighted by atomic mass is 10.0. The zero-order valence-corrected chi connectivity index (χ0v) is 10.5. The van der Waals surface area contributed by atoms with Gasteiger partial charge in [-0.05, 0) is 43.5 Å². The fourth-order valence-electron chi connectivity index (χ4n) is 2.33. The maximum absolute atomic E-state index is 5.92. The van der Waals surface area contributed by atoms with Gasteiger partial charge in [-0.15, -0.1) is 0 Å². The van der Waals surface area contributed by atoms with Crippen molar-refractivity contribution in [3.8, 4) is 11.5 Å². The largest absolute Gasteiger partial charge is 0.494 e. The molecule has 1 aliphatic heterocycles. The second-order valence-electron chi connectivity index (χ2n) is 4.41. The zero-order chi connectivity index (χ0) is 12.3. The third-order valence-corrected chi connectivity index (χ3v) is 3.25. The third-order valence-electron chi connectivity index (χ3n) is 3.25. The Labute approximate surface area is 102 Å². The molecule has 0 radical (unpaired) electrons. The molecule has 1 aromatic carbocycles. The standard InChI is InChI=1S/C13H20N2O2/c1-16-11-7-9(6-10-4-3-5-15-10)8-12(17-2)13(11)14/h7-8,10,15H,3-6,14H2,1-2H3. The predicted molar refractivity (Wildman–Crippen MR) is 68.7 cm³/mol. The molecule has 0 saturated carbocycles. The van der Waals surface area contributed by atoms with E-state index >= 15 is 0 Å². The van der Waals surface area contributed by atoms with E-state index in [-0.39, 0.29) is 0 Å². The number of ether oxygens (including phenoxy) is 2. The molecule has 1 unspecified atom stereocenters. The molecule has 1 aromatic rings. The first-order chi connectivity index (χ1) is 8.24. The van der Waals surface area contributed by atoms with E-state index in [1.165, 1.54) is 18.4 Å². The summed E-state index contributed by atoms with van der Waals surface area (Å²) in [6.45, 7) is 1.12. The van der Waals surface area contributed by atoms with Gasteiger partial charge in [0.1, 0.15) is 17.2 Å². The van der Waals surface area contributed by atoms with Gasteiger partial charge in [-0.25, -0.2) is 0 Å². The lowest BCUT2D eigenvalue weighted by Gasteiger charge is -2.15. The molecule has 1 fully saturated rings. The van der Waals surface area contributed by atoms with Gasteiger partial charge in [0.25, 0.3) is 0 Å². The van der Waals surface area contributed by atoms with Gasteiger partial charge >= 0.3 is 0 Å². The van der Waals surface area contributed by atoms with E-state index in [1.807, 2.05) is 12.1 Å². The van der Waals surface area contributed by atoms with Crippen LogP contribution in [0.5, 0.6) is 11.5 Å². The fraction of sp³-hybridized carbons (Fsp3) is 0.538. The molecular formula is C13H20N2O2. The van der Waals surface area contributed by atoms with Gasteiger partial charge in [0.15, 0.2) is 0 Å². The highest BCUT2D eigenvalue weighted by Crippen LogP contribution is 2.33. The van der Waals surface area contributed by atoms with Gasteiger partial charge in [0.2, 0.25) is 0 Å². The summed E-state index contributed by atoms with van der Waals surface area (Å²) in [5, 5.41) is 3.48. The molecule has 2 rings (SSSR count). The lowest BCUT2D eigenvalue weighted by Crippen LogP contribution is -2.23. The summed E-state index contributed by atoms with van der Waals surface area (Å²) in [6, 6.07) is 4.56. The zero-order valence-electron chi connectivity index (χ0n) is 10.5. The average Bonchev–Trinajstić information content (AvgIpc) is 2.84. The van der Waals surface area contributed by atoms with Crippen LogP contribution in [0.3, 0.4) is 0 Å². The molecule has 94 valence electrons. The van der Waals surface area contributed by atoms with Crippen LogP contribution in [0.15, 0.2) is 12.1 Å². The number of nitrogens with one attached hydrogen (secondary N) is 1. The Morgan fingerprint density at radius 3 is 2.41 bits per heavy atom. The summed E-state index contributed by atoms with van der Waals surface area (Å²) in [4.78, 5) is 0. The molecule has 1 atom stereocenters. The Morgan fingerprint density at radius 1 is 1.29 bits per heavy atom. The van der Waals surface area contributed by atoms with Crippen molar-refractivity contribution in [2.45, 2.75) is 25.3 Å². The summed E-state index contributed by atoms with van der Waals surface area (Å²) in [5.41, 5.74) is 7.68. The molecule has 0 aromatic heterocycles. The minimum atomic E-state index is 0.563.